The Balaban J connectivity index is 1.40. The number of anilines is 1. The molecule has 0 aliphatic carbocycles. The van der Waals surface area contributed by atoms with Crippen LogP contribution in [0, 0.1) is 15.9 Å². The van der Waals surface area contributed by atoms with Gasteiger partial charge in [-0.25, -0.2) is 9.37 Å². The Kier molecular flexibility index (Phi) is 4.55. The van der Waals surface area contributed by atoms with Crippen molar-refractivity contribution in [2.45, 2.75) is 6.42 Å². The van der Waals surface area contributed by atoms with Crippen LogP contribution >= 0.6 is 11.3 Å². The van der Waals surface area contributed by atoms with Crippen LogP contribution in [0.3, 0.4) is 0 Å². The molecule has 136 valence electrons. The number of nitrogens with zero attached hydrogens (tertiary/aromatic N) is 2. The maximum absolute atomic E-state index is 13.3. The highest BCUT2D eigenvalue weighted by molar-refractivity contribution is 7.14. The van der Waals surface area contributed by atoms with Crippen molar-refractivity contribution in [1.82, 2.24) is 9.97 Å². The summed E-state index contributed by atoms with van der Waals surface area (Å²) < 4.78 is 13.3. The van der Waals surface area contributed by atoms with E-state index in [2.05, 4.69) is 15.3 Å². The Bertz CT molecular complexity index is 1100. The van der Waals surface area contributed by atoms with Gasteiger partial charge in [-0.05, 0) is 42.3 Å². The second-order valence-corrected chi connectivity index (χ2v) is 6.88. The second kappa shape index (κ2) is 7.16. The Morgan fingerprint density at radius 2 is 2.04 bits per heavy atom. The number of non-ortho nitro benzene ring substituents is 1. The summed E-state index contributed by atoms with van der Waals surface area (Å²) in [5.74, 6) is -0.254. The highest BCUT2D eigenvalue weighted by atomic mass is 32.1. The maximum atomic E-state index is 13.3. The van der Waals surface area contributed by atoms with Gasteiger partial charge in [0, 0.05) is 46.7 Å². The van der Waals surface area contributed by atoms with Crippen LogP contribution in [0.4, 0.5) is 15.2 Å². The standard InChI is InChI=1S/C19H15FN4O2S/c20-14-3-6-16-13(10-22-17(16)9-14)7-8-21-19-23-18(11-27-19)12-1-4-15(5-2-12)24(25)26/h1-6,9-11,22H,7-8H2,(H,21,23). The zero-order chi connectivity index (χ0) is 18.8. The quantitative estimate of drug-likeness (QED) is 0.363. The summed E-state index contributed by atoms with van der Waals surface area (Å²) in [4.78, 5) is 17.9. The van der Waals surface area contributed by atoms with E-state index in [1.165, 1.54) is 35.6 Å². The van der Waals surface area contributed by atoms with Crippen molar-refractivity contribution in [3.05, 3.63) is 75.5 Å². The van der Waals surface area contributed by atoms with E-state index in [0.717, 1.165) is 39.3 Å². The second-order valence-electron chi connectivity index (χ2n) is 6.02. The lowest BCUT2D eigenvalue weighted by Gasteiger charge is -2.02. The van der Waals surface area contributed by atoms with E-state index in [0.29, 0.717) is 6.54 Å². The van der Waals surface area contributed by atoms with Gasteiger partial charge in [0.05, 0.1) is 10.6 Å². The van der Waals surface area contributed by atoms with Gasteiger partial charge >= 0.3 is 0 Å². The Labute approximate surface area is 157 Å². The number of nitrogens with one attached hydrogen (secondary N) is 2. The van der Waals surface area contributed by atoms with Crippen LogP contribution < -0.4 is 5.32 Å². The number of nitro benzene ring substituents is 1. The molecule has 2 heterocycles. The van der Waals surface area contributed by atoms with E-state index in [9.17, 15) is 14.5 Å². The van der Waals surface area contributed by atoms with Crippen LogP contribution in [0.25, 0.3) is 22.2 Å². The lowest BCUT2D eigenvalue weighted by atomic mass is 10.1. The van der Waals surface area contributed by atoms with E-state index in [-0.39, 0.29) is 11.5 Å². The zero-order valence-electron chi connectivity index (χ0n) is 14.1. The van der Waals surface area contributed by atoms with Crippen LogP contribution in [0.5, 0.6) is 0 Å². The van der Waals surface area contributed by atoms with Crippen molar-refractivity contribution in [2.75, 3.05) is 11.9 Å². The number of hydrogen-bond acceptors (Lipinski definition) is 5. The third-order valence-electron chi connectivity index (χ3n) is 4.28. The van der Waals surface area contributed by atoms with Gasteiger partial charge in [0.2, 0.25) is 0 Å². The zero-order valence-corrected chi connectivity index (χ0v) is 14.9. The van der Waals surface area contributed by atoms with Crippen molar-refractivity contribution in [3.63, 3.8) is 0 Å². The van der Waals surface area contributed by atoms with Crippen molar-refractivity contribution >= 4 is 33.1 Å². The van der Waals surface area contributed by atoms with Crippen molar-refractivity contribution in [3.8, 4) is 11.3 Å². The molecule has 6 nitrogen and oxygen atoms in total. The van der Waals surface area contributed by atoms with Gasteiger partial charge in [0.15, 0.2) is 5.13 Å². The molecule has 4 rings (SSSR count). The molecule has 0 atom stereocenters. The molecule has 2 aromatic carbocycles. The smallest absolute Gasteiger partial charge is 0.269 e. The molecule has 0 fully saturated rings. The summed E-state index contributed by atoms with van der Waals surface area (Å²) in [5, 5.41) is 17.7. The number of thiazole rings is 1. The van der Waals surface area contributed by atoms with Crippen molar-refractivity contribution in [1.29, 1.82) is 0 Å². The molecule has 27 heavy (non-hydrogen) atoms. The van der Waals surface area contributed by atoms with Crippen molar-refractivity contribution < 1.29 is 9.31 Å². The molecule has 0 aliphatic heterocycles. The Morgan fingerprint density at radius 3 is 2.81 bits per heavy atom. The third kappa shape index (κ3) is 3.65. The molecule has 0 unspecified atom stereocenters. The van der Waals surface area contributed by atoms with E-state index >= 15 is 0 Å². The van der Waals surface area contributed by atoms with E-state index in [1.807, 2.05) is 11.6 Å². The summed E-state index contributed by atoms with van der Waals surface area (Å²) in [6.07, 6.45) is 2.67. The third-order valence-corrected chi connectivity index (χ3v) is 5.08. The predicted octanol–water partition coefficient (Wildman–Crippen LogP) is 4.99. The lowest BCUT2D eigenvalue weighted by Crippen LogP contribution is -2.04. The van der Waals surface area contributed by atoms with Crippen LogP contribution in [-0.2, 0) is 6.42 Å². The number of benzene rings is 2. The monoisotopic (exact) mass is 382 g/mol. The Hall–Kier alpha value is -3.26. The molecule has 0 radical (unpaired) electrons. The van der Waals surface area contributed by atoms with Crippen LogP contribution in [-0.4, -0.2) is 21.4 Å². The van der Waals surface area contributed by atoms with Crippen LogP contribution in [0.2, 0.25) is 0 Å². The van der Waals surface area contributed by atoms with Gasteiger partial charge in [-0.3, -0.25) is 10.1 Å². The van der Waals surface area contributed by atoms with Gasteiger partial charge < -0.3 is 10.3 Å². The largest absolute Gasteiger partial charge is 0.361 e. The number of fused-ring (bicyclic) bond motifs is 1. The van der Waals surface area contributed by atoms with Gasteiger partial charge in [0.25, 0.3) is 5.69 Å². The van der Waals surface area contributed by atoms with Crippen LogP contribution in [0.15, 0.2) is 54.0 Å². The lowest BCUT2D eigenvalue weighted by molar-refractivity contribution is -0.384. The average Bonchev–Trinajstić information content (AvgIpc) is 3.29. The summed E-state index contributed by atoms with van der Waals surface area (Å²) in [7, 11) is 0. The summed E-state index contributed by atoms with van der Waals surface area (Å²) in [6.45, 7) is 0.692. The fourth-order valence-electron chi connectivity index (χ4n) is 2.91. The first-order valence-electron chi connectivity index (χ1n) is 8.30. The van der Waals surface area contributed by atoms with Gasteiger partial charge in [-0.1, -0.05) is 0 Å². The molecule has 0 amide bonds. The van der Waals surface area contributed by atoms with Gasteiger partial charge in [0.1, 0.15) is 5.82 Å². The minimum Gasteiger partial charge on any atom is -0.361 e. The summed E-state index contributed by atoms with van der Waals surface area (Å²) in [6, 6.07) is 11.1. The number of halogens is 1. The molecule has 2 aromatic heterocycles. The molecule has 0 aliphatic rings. The van der Waals surface area contributed by atoms with E-state index in [1.54, 1.807) is 18.2 Å². The molecule has 0 spiro atoms. The number of rotatable bonds is 6. The average molecular weight is 382 g/mol. The number of H-pyrrole nitrogens is 1. The first-order valence-corrected chi connectivity index (χ1v) is 9.18. The van der Waals surface area contributed by atoms with Gasteiger partial charge in [-0.2, -0.15) is 0 Å². The fourth-order valence-corrected chi connectivity index (χ4v) is 3.66. The topological polar surface area (TPSA) is 83.9 Å². The molecule has 0 saturated heterocycles. The SMILES string of the molecule is O=[N+]([O-])c1ccc(-c2csc(NCCc3c[nH]c4cc(F)ccc34)n2)cc1. The summed E-state index contributed by atoms with van der Waals surface area (Å²) >= 11 is 1.48. The number of hydrogen-bond donors (Lipinski definition) is 2. The fraction of sp³-hybridized carbons (Fsp3) is 0.105. The molecular formula is C19H15FN4O2S. The van der Waals surface area contributed by atoms with Crippen LogP contribution in [0.1, 0.15) is 5.56 Å². The van der Waals surface area contributed by atoms with E-state index < -0.39 is 4.92 Å². The molecule has 4 aromatic rings. The van der Waals surface area contributed by atoms with E-state index in [4.69, 9.17) is 0 Å². The highest BCUT2D eigenvalue weighted by Gasteiger charge is 2.09. The van der Waals surface area contributed by atoms with Crippen molar-refractivity contribution in [2.24, 2.45) is 0 Å². The highest BCUT2D eigenvalue weighted by Crippen LogP contribution is 2.26. The number of nitro groups is 1. The van der Waals surface area contributed by atoms with Gasteiger partial charge in [-0.15, -0.1) is 11.3 Å². The molecule has 8 heteroatoms. The minimum absolute atomic E-state index is 0.0611. The Morgan fingerprint density at radius 1 is 1.22 bits per heavy atom. The maximum Gasteiger partial charge on any atom is 0.269 e. The number of aromatic nitrogens is 2. The molecular weight excluding hydrogens is 367 g/mol. The number of aromatic amines is 1. The normalized spacial score (nSPS) is 11.0. The minimum atomic E-state index is -0.420. The first kappa shape index (κ1) is 17.2. The summed E-state index contributed by atoms with van der Waals surface area (Å²) in [5.41, 5.74) is 3.58. The molecule has 2 N–H and O–H groups in total. The molecule has 0 saturated carbocycles. The molecule has 0 bridgehead atoms. The predicted molar refractivity (Wildman–Crippen MR) is 105 cm³/mol. The first-order chi connectivity index (χ1) is 13.1.